The molecule has 116 valence electrons. The van der Waals surface area contributed by atoms with E-state index >= 15 is 0 Å². The number of amides is 1. The molecule has 22 heavy (non-hydrogen) atoms. The molecule has 0 fully saturated rings. The number of hydrogen-bond donors (Lipinski definition) is 2. The summed E-state index contributed by atoms with van der Waals surface area (Å²) in [4.78, 5) is 17.6. The predicted molar refractivity (Wildman–Crippen MR) is 81.4 cm³/mol. The first-order valence-electron chi connectivity index (χ1n) is 7.18. The molecule has 6 nitrogen and oxygen atoms in total. The van der Waals surface area contributed by atoms with Gasteiger partial charge in [-0.2, -0.15) is 0 Å². The van der Waals surface area contributed by atoms with Crippen molar-refractivity contribution in [1.29, 1.82) is 0 Å². The molecular weight excluding hydrogens is 282 g/mol. The summed E-state index contributed by atoms with van der Waals surface area (Å²) in [6.07, 6.45) is 1.43. The van der Waals surface area contributed by atoms with Crippen LogP contribution >= 0.6 is 0 Å². The van der Waals surface area contributed by atoms with E-state index in [0.29, 0.717) is 24.7 Å². The van der Waals surface area contributed by atoms with Crippen LogP contribution in [0.5, 0.6) is 0 Å². The van der Waals surface area contributed by atoms with E-state index in [2.05, 4.69) is 4.98 Å². The summed E-state index contributed by atoms with van der Waals surface area (Å²) in [6.45, 7) is 2.41. The number of primary amides is 1. The van der Waals surface area contributed by atoms with Crippen LogP contribution < -0.4 is 10.6 Å². The van der Waals surface area contributed by atoms with Crippen molar-refractivity contribution >= 4 is 11.8 Å². The van der Waals surface area contributed by atoms with Crippen LogP contribution in [0.1, 0.15) is 28.5 Å². The third-order valence-electron chi connectivity index (χ3n) is 4.07. The highest BCUT2D eigenvalue weighted by molar-refractivity contribution is 5.84. The molecule has 2 aromatic rings. The van der Waals surface area contributed by atoms with Crippen molar-refractivity contribution in [3.05, 3.63) is 47.0 Å². The molecule has 1 aliphatic rings. The SMILES string of the molecule is Cc1ncc(N(C)Cc2ccc3c(c2)[C@@H](C(N)=O)[C@H](O)C3)o1. The summed E-state index contributed by atoms with van der Waals surface area (Å²) in [7, 11) is 1.91. The van der Waals surface area contributed by atoms with Crippen LogP contribution in [0.15, 0.2) is 28.8 Å². The lowest BCUT2D eigenvalue weighted by molar-refractivity contribution is -0.121. The second-order valence-electron chi connectivity index (χ2n) is 5.76. The number of aliphatic hydroxyl groups excluding tert-OH is 1. The number of fused-ring (bicyclic) bond motifs is 1. The summed E-state index contributed by atoms with van der Waals surface area (Å²) in [5.74, 6) is 0.201. The van der Waals surface area contributed by atoms with Gasteiger partial charge >= 0.3 is 0 Å². The van der Waals surface area contributed by atoms with Crippen molar-refractivity contribution in [2.24, 2.45) is 5.73 Å². The van der Waals surface area contributed by atoms with E-state index in [4.69, 9.17) is 10.2 Å². The van der Waals surface area contributed by atoms with Crippen molar-refractivity contribution in [3.63, 3.8) is 0 Å². The molecular formula is C16H19N3O3. The first-order chi connectivity index (χ1) is 10.5. The lowest BCUT2D eigenvalue weighted by atomic mass is 9.97. The third-order valence-corrected chi connectivity index (χ3v) is 4.07. The van der Waals surface area contributed by atoms with Gasteiger partial charge in [0.05, 0.1) is 18.2 Å². The Morgan fingerprint density at radius 3 is 2.95 bits per heavy atom. The number of nitrogens with two attached hydrogens (primary N) is 1. The summed E-state index contributed by atoms with van der Waals surface area (Å²) in [5, 5.41) is 10.00. The number of carbonyl (C=O) groups excluding carboxylic acids is 1. The molecule has 1 amide bonds. The zero-order valence-electron chi connectivity index (χ0n) is 12.6. The van der Waals surface area contributed by atoms with Crippen molar-refractivity contribution in [2.45, 2.75) is 31.9 Å². The molecule has 1 aromatic carbocycles. The van der Waals surface area contributed by atoms with E-state index in [0.717, 1.165) is 16.7 Å². The van der Waals surface area contributed by atoms with Crippen molar-refractivity contribution in [3.8, 4) is 0 Å². The first kappa shape index (κ1) is 14.6. The summed E-state index contributed by atoms with van der Waals surface area (Å²) >= 11 is 0. The third kappa shape index (κ3) is 2.57. The van der Waals surface area contributed by atoms with Gasteiger partial charge in [-0.3, -0.25) is 4.79 Å². The van der Waals surface area contributed by atoms with E-state index in [-0.39, 0.29) is 0 Å². The average molecular weight is 301 g/mol. The fourth-order valence-electron chi connectivity index (χ4n) is 2.99. The van der Waals surface area contributed by atoms with Crippen LogP contribution in [-0.4, -0.2) is 29.1 Å². The van der Waals surface area contributed by atoms with Crippen molar-refractivity contribution < 1.29 is 14.3 Å². The Hall–Kier alpha value is -2.34. The fraction of sp³-hybridized carbons (Fsp3) is 0.375. The maximum Gasteiger partial charge on any atom is 0.227 e. The van der Waals surface area contributed by atoms with Gasteiger partial charge in [0.1, 0.15) is 0 Å². The van der Waals surface area contributed by atoms with Crippen molar-refractivity contribution in [2.75, 3.05) is 11.9 Å². The predicted octanol–water partition coefficient (Wildman–Crippen LogP) is 1.11. The molecule has 0 saturated carbocycles. The van der Waals surface area contributed by atoms with E-state index in [1.807, 2.05) is 30.1 Å². The topological polar surface area (TPSA) is 92.6 Å². The largest absolute Gasteiger partial charge is 0.425 e. The lowest BCUT2D eigenvalue weighted by Crippen LogP contribution is -2.28. The smallest absolute Gasteiger partial charge is 0.227 e. The van der Waals surface area contributed by atoms with Crippen molar-refractivity contribution in [1.82, 2.24) is 4.98 Å². The Bertz CT molecular complexity index is 710. The van der Waals surface area contributed by atoms with Crippen LogP contribution in [-0.2, 0) is 17.8 Å². The average Bonchev–Trinajstić information content (AvgIpc) is 3.01. The molecule has 1 heterocycles. The van der Waals surface area contributed by atoms with Gasteiger partial charge in [-0.25, -0.2) is 4.98 Å². The molecule has 3 rings (SSSR count). The van der Waals surface area contributed by atoms with Gasteiger partial charge in [0.2, 0.25) is 11.8 Å². The second-order valence-corrected chi connectivity index (χ2v) is 5.76. The van der Waals surface area contributed by atoms with Gasteiger partial charge in [0.15, 0.2) is 5.89 Å². The van der Waals surface area contributed by atoms with Crippen LogP contribution in [0.4, 0.5) is 5.88 Å². The zero-order valence-corrected chi connectivity index (χ0v) is 12.6. The van der Waals surface area contributed by atoms with Gasteiger partial charge in [0, 0.05) is 20.5 Å². The molecule has 0 aliphatic heterocycles. The number of benzene rings is 1. The molecule has 1 aliphatic carbocycles. The summed E-state index contributed by atoms with van der Waals surface area (Å²) in [6, 6.07) is 5.89. The standard InChI is InChI=1S/C16H19N3O3/c1-9-18-7-14(22-9)19(2)8-10-3-4-11-6-13(20)15(16(17)21)12(11)5-10/h3-5,7,13,15,20H,6,8H2,1-2H3,(H2,17,21)/t13-,15-/m1/s1. The minimum atomic E-state index is -0.725. The Morgan fingerprint density at radius 1 is 1.55 bits per heavy atom. The molecule has 0 saturated heterocycles. The minimum Gasteiger partial charge on any atom is -0.425 e. The first-order valence-corrected chi connectivity index (χ1v) is 7.18. The quantitative estimate of drug-likeness (QED) is 0.882. The van der Waals surface area contributed by atoms with Gasteiger partial charge in [0.25, 0.3) is 0 Å². The van der Waals surface area contributed by atoms with Gasteiger partial charge in [-0.05, 0) is 23.1 Å². The number of carbonyl (C=O) groups is 1. The second kappa shape index (κ2) is 5.46. The molecule has 0 spiro atoms. The summed E-state index contributed by atoms with van der Waals surface area (Å²) < 4.78 is 5.49. The number of aromatic nitrogens is 1. The molecule has 6 heteroatoms. The number of nitrogens with zero attached hydrogens (tertiary/aromatic N) is 2. The Kier molecular flexibility index (Phi) is 3.62. The molecule has 0 radical (unpaired) electrons. The monoisotopic (exact) mass is 301 g/mol. The number of anilines is 1. The molecule has 3 N–H and O–H groups in total. The number of hydrogen-bond acceptors (Lipinski definition) is 5. The lowest BCUT2D eigenvalue weighted by Gasteiger charge is -2.17. The maximum atomic E-state index is 11.6. The van der Waals surface area contributed by atoms with Crippen LogP contribution in [0, 0.1) is 6.92 Å². The van der Waals surface area contributed by atoms with Crippen LogP contribution in [0.25, 0.3) is 0 Å². The molecule has 1 aromatic heterocycles. The zero-order chi connectivity index (χ0) is 15.9. The number of oxazole rings is 1. The van der Waals surface area contributed by atoms with E-state index in [9.17, 15) is 9.90 Å². The molecule has 0 unspecified atom stereocenters. The maximum absolute atomic E-state index is 11.6. The highest BCUT2D eigenvalue weighted by Crippen LogP contribution is 2.34. The minimum absolute atomic E-state index is 0.473. The normalized spacial score (nSPS) is 20.0. The Morgan fingerprint density at radius 2 is 2.32 bits per heavy atom. The Balaban J connectivity index is 1.84. The van der Waals surface area contributed by atoms with Crippen LogP contribution in [0.2, 0.25) is 0 Å². The highest BCUT2D eigenvalue weighted by atomic mass is 16.4. The van der Waals surface area contributed by atoms with Gasteiger partial charge in [-0.1, -0.05) is 18.2 Å². The van der Waals surface area contributed by atoms with Crippen LogP contribution in [0.3, 0.4) is 0 Å². The fourth-order valence-corrected chi connectivity index (χ4v) is 2.99. The molecule has 2 atom stereocenters. The van der Waals surface area contributed by atoms with Gasteiger partial charge < -0.3 is 20.2 Å². The number of aryl methyl sites for hydroxylation is 1. The van der Waals surface area contributed by atoms with E-state index in [1.54, 1.807) is 13.1 Å². The number of rotatable bonds is 4. The summed E-state index contributed by atoms with van der Waals surface area (Å²) in [5.41, 5.74) is 8.26. The van der Waals surface area contributed by atoms with E-state index in [1.165, 1.54) is 0 Å². The Labute approximate surface area is 128 Å². The van der Waals surface area contributed by atoms with Gasteiger partial charge in [-0.15, -0.1) is 0 Å². The molecule has 0 bridgehead atoms. The number of aliphatic hydroxyl groups is 1. The van der Waals surface area contributed by atoms with E-state index < -0.39 is 17.9 Å². The highest BCUT2D eigenvalue weighted by Gasteiger charge is 2.35.